The van der Waals surface area contributed by atoms with Gasteiger partial charge in [-0.05, 0) is 50.6 Å². The van der Waals surface area contributed by atoms with E-state index in [2.05, 4.69) is 11.8 Å². The molecular formula is C24H24N2O8. The Balaban J connectivity index is 1.96. The van der Waals surface area contributed by atoms with Crippen LogP contribution >= 0.6 is 0 Å². The zero-order chi connectivity index (χ0) is 25.1. The van der Waals surface area contributed by atoms with E-state index >= 15 is 0 Å². The molecule has 1 aromatic rings. The molecule has 0 saturated carbocycles. The van der Waals surface area contributed by atoms with Crippen LogP contribution in [0.2, 0.25) is 0 Å². The van der Waals surface area contributed by atoms with Crippen LogP contribution in [0.1, 0.15) is 27.9 Å². The fourth-order valence-electron chi connectivity index (χ4n) is 5.50. The van der Waals surface area contributed by atoms with Crippen LogP contribution in [0.4, 0.5) is 0 Å². The highest BCUT2D eigenvalue weighted by Gasteiger charge is 2.63. The standard InChI is InChI=1S/C24H24N2O8/c1-26(2)18-13-9-11-8-12-10(4-3-7-27)5-6-14(28)16(12)19(29)15(11)21(31)24(13,34)22(32)17(20(18)30)23(25)33/h5-6,11,13,18,27-28,30-31,34H,7-9H2,1-2H3,(H2,25,33)/t11-,13-,18+,24-/m0/s1. The van der Waals surface area contributed by atoms with E-state index in [1.165, 1.54) is 17.0 Å². The summed E-state index contributed by atoms with van der Waals surface area (Å²) in [6.45, 7) is -0.408. The van der Waals surface area contributed by atoms with E-state index in [9.17, 15) is 34.8 Å². The lowest BCUT2D eigenvalue weighted by molar-refractivity contribution is -0.148. The zero-order valence-corrected chi connectivity index (χ0v) is 18.5. The van der Waals surface area contributed by atoms with Crippen LogP contribution in [0.15, 0.2) is 34.8 Å². The second-order valence-corrected chi connectivity index (χ2v) is 8.91. The summed E-state index contributed by atoms with van der Waals surface area (Å²) >= 11 is 0. The largest absolute Gasteiger partial charge is 0.510 e. The minimum Gasteiger partial charge on any atom is -0.510 e. The Labute approximate surface area is 194 Å². The van der Waals surface area contributed by atoms with Gasteiger partial charge >= 0.3 is 0 Å². The highest BCUT2D eigenvalue weighted by atomic mass is 16.3. The Kier molecular flexibility index (Phi) is 5.52. The first-order chi connectivity index (χ1) is 16.0. The van der Waals surface area contributed by atoms with Crippen LogP contribution in [-0.4, -0.2) is 80.3 Å². The SMILES string of the molecule is CN(C)[C@H]1C(O)=C(C(N)=O)C(=O)[C@@]2(O)C(O)=C3C(=O)c4c(O)ccc(C#CCO)c4C[C@H]3C[C@@H]12. The van der Waals surface area contributed by atoms with Gasteiger partial charge in [0.15, 0.2) is 11.4 Å². The smallest absolute Gasteiger partial charge is 0.255 e. The van der Waals surface area contributed by atoms with Gasteiger partial charge in [-0.3, -0.25) is 19.3 Å². The van der Waals surface area contributed by atoms with Gasteiger partial charge in [-0.2, -0.15) is 0 Å². The van der Waals surface area contributed by atoms with Crippen molar-refractivity contribution in [2.45, 2.75) is 24.5 Å². The number of likely N-dealkylation sites (N-methyl/N-ethyl adjacent to an activating group) is 1. The summed E-state index contributed by atoms with van der Waals surface area (Å²) in [5, 5.41) is 52.9. The molecule has 4 atom stereocenters. The number of hydrogen-bond donors (Lipinski definition) is 6. The second-order valence-electron chi connectivity index (χ2n) is 8.91. The van der Waals surface area contributed by atoms with E-state index in [4.69, 9.17) is 10.8 Å². The number of nitrogens with two attached hydrogens (primary N) is 1. The number of aliphatic hydroxyl groups excluding tert-OH is 3. The maximum absolute atomic E-state index is 13.5. The second kappa shape index (κ2) is 7.99. The quantitative estimate of drug-likeness (QED) is 0.245. The van der Waals surface area contributed by atoms with Crippen LogP contribution in [0.25, 0.3) is 0 Å². The van der Waals surface area contributed by atoms with E-state index in [0.29, 0.717) is 11.1 Å². The number of fused-ring (bicyclic) bond motifs is 3. The lowest BCUT2D eigenvalue weighted by Crippen LogP contribution is -2.63. The number of ketones is 2. The first kappa shape index (κ1) is 23.5. The van der Waals surface area contributed by atoms with Crippen LogP contribution in [0.3, 0.4) is 0 Å². The van der Waals surface area contributed by atoms with Crippen molar-refractivity contribution < 1.29 is 39.9 Å². The Hall–Kier alpha value is -3.65. The fraction of sp³-hybridized carbons (Fsp3) is 0.375. The monoisotopic (exact) mass is 468 g/mol. The summed E-state index contributed by atoms with van der Waals surface area (Å²) < 4.78 is 0. The highest BCUT2D eigenvalue weighted by molar-refractivity contribution is 6.24. The minimum atomic E-state index is -2.67. The molecule has 0 radical (unpaired) electrons. The average molecular weight is 468 g/mol. The number of carbonyl (C=O) groups excluding carboxylic acids is 3. The number of Topliss-reactive ketones (excluding diaryl/α,β-unsaturated/α-hetero) is 2. The molecule has 0 heterocycles. The Bertz CT molecular complexity index is 1270. The number of hydrogen-bond acceptors (Lipinski definition) is 9. The third kappa shape index (κ3) is 3.05. The Morgan fingerprint density at radius 1 is 1.24 bits per heavy atom. The van der Waals surface area contributed by atoms with Crippen molar-refractivity contribution in [2.75, 3.05) is 20.7 Å². The van der Waals surface area contributed by atoms with Gasteiger partial charge in [0.25, 0.3) is 5.91 Å². The van der Waals surface area contributed by atoms with Gasteiger partial charge in [0.2, 0.25) is 5.78 Å². The third-order valence-corrected chi connectivity index (χ3v) is 6.91. The normalized spacial score (nSPS) is 28.2. The predicted octanol–water partition coefficient (Wildman–Crippen LogP) is -0.536. The molecule has 0 saturated heterocycles. The number of rotatable bonds is 2. The van der Waals surface area contributed by atoms with Gasteiger partial charge < -0.3 is 31.3 Å². The number of nitrogens with zero attached hydrogens (tertiary/aromatic N) is 1. The Morgan fingerprint density at radius 2 is 1.91 bits per heavy atom. The molecule has 0 unspecified atom stereocenters. The molecule has 7 N–H and O–H groups in total. The number of phenolic OH excluding ortho intramolecular Hbond substituents is 1. The van der Waals surface area contributed by atoms with E-state index in [0.717, 1.165) is 0 Å². The van der Waals surface area contributed by atoms with E-state index in [-0.39, 0.29) is 29.7 Å². The third-order valence-electron chi connectivity index (χ3n) is 6.91. The van der Waals surface area contributed by atoms with Crippen molar-refractivity contribution in [1.29, 1.82) is 0 Å². The van der Waals surface area contributed by atoms with Gasteiger partial charge in [-0.15, -0.1) is 0 Å². The summed E-state index contributed by atoms with van der Waals surface area (Å²) in [6, 6.07) is 1.72. The highest BCUT2D eigenvalue weighted by Crippen LogP contribution is 2.52. The van der Waals surface area contributed by atoms with Gasteiger partial charge in [0, 0.05) is 17.1 Å². The molecule has 3 aliphatic carbocycles. The van der Waals surface area contributed by atoms with Gasteiger partial charge in [-0.1, -0.05) is 11.8 Å². The molecular weight excluding hydrogens is 444 g/mol. The maximum atomic E-state index is 13.5. The molecule has 0 aliphatic heterocycles. The summed E-state index contributed by atoms with van der Waals surface area (Å²) in [6.07, 6.45) is 0.132. The molecule has 0 bridgehead atoms. The predicted molar refractivity (Wildman–Crippen MR) is 118 cm³/mol. The number of primary amides is 1. The van der Waals surface area contributed by atoms with Crippen molar-refractivity contribution in [3.63, 3.8) is 0 Å². The fourth-order valence-corrected chi connectivity index (χ4v) is 5.50. The zero-order valence-electron chi connectivity index (χ0n) is 18.5. The summed E-state index contributed by atoms with van der Waals surface area (Å²) in [4.78, 5) is 40.1. The molecule has 0 aromatic heterocycles. The lowest BCUT2D eigenvalue weighted by Gasteiger charge is -2.50. The molecule has 10 nitrogen and oxygen atoms in total. The number of carbonyl (C=O) groups is 3. The summed E-state index contributed by atoms with van der Waals surface area (Å²) in [5.41, 5.74) is 2.26. The van der Waals surface area contributed by atoms with Crippen LogP contribution < -0.4 is 5.73 Å². The number of aromatic hydroxyl groups is 1. The van der Waals surface area contributed by atoms with Crippen molar-refractivity contribution in [3.8, 4) is 17.6 Å². The number of amides is 1. The van der Waals surface area contributed by atoms with Gasteiger partial charge in [-0.25, -0.2) is 0 Å². The van der Waals surface area contributed by atoms with Crippen molar-refractivity contribution in [2.24, 2.45) is 17.6 Å². The van der Waals surface area contributed by atoms with E-state index in [1.54, 1.807) is 14.1 Å². The topological polar surface area (TPSA) is 182 Å². The Morgan fingerprint density at radius 3 is 2.50 bits per heavy atom. The molecule has 1 aromatic carbocycles. The molecule has 34 heavy (non-hydrogen) atoms. The van der Waals surface area contributed by atoms with Gasteiger partial charge in [0.1, 0.15) is 29.4 Å². The van der Waals surface area contributed by atoms with Gasteiger partial charge in [0.05, 0.1) is 11.6 Å². The van der Waals surface area contributed by atoms with E-state index < -0.39 is 64.7 Å². The molecule has 10 heteroatoms. The lowest BCUT2D eigenvalue weighted by atomic mass is 9.58. The summed E-state index contributed by atoms with van der Waals surface area (Å²) in [7, 11) is 3.13. The molecule has 3 aliphatic rings. The number of benzene rings is 1. The van der Waals surface area contributed by atoms with Crippen LogP contribution in [0.5, 0.6) is 5.75 Å². The van der Waals surface area contributed by atoms with Crippen LogP contribution in [0, 0.1) is 23.7 Å². The molecule has 178 valence electrons. The molecule has 4 rings (SSSR count). The van der Waals surface area contributed by atoms with Crippen molar-refractivity contribution in [3.05, 3.63) is 51.5 Å². The minimum absolute atomic E-state index is 0.00567. The van der Waals surface area contributed by atoms with E-state index in [1.807, 2.05) is 0 Å². The van der Waals surface area contributed by atoms with Crippen molar-refractivity contribution >= 4 is 17.5 Å². The number of aliphatic hydroxyl groups is 4. The first-order valence-corrected chi connectivity index (χ1v) is 10.6. The maximum Gasteiger partial charge on any atom is 0.255 e. The average Bonchev–Trinajstić information content (AvgIpc) is 2.75. The van der Waals surface area contributed by atoms with Crippen molar-refractivity contribution in [1.82, 2.24) is 4.90 Å². The summed E-state index contributed by atoms with van der Waals surface area (Å²) in [5.74, 6) is -1.76. The first-order valence-electron chi connectivity index (χ1n) is 10.6. The van der Waals surface area contributed by atoms with Crippen LogP contribution in [-0.2, 0) is 16.0 Å². The molecule has 0 spiro atoms. The number of allylic oxidation sites excluding steroid dienone is 1. The molecule has 0 fully saturated rings. The number of phenols is 1. The molecule has 1 amide bonds.